The normalized spacial score (nSPS) is 18.7. The van der Waals surface area contributed by atoms with Crippen molar-refractivity contribution in [2.45, 2.75) is 25.3 Å². The molecule has 3 rings (SSSR count). The number of likely N-dealkylation sites (tertiary alicyclic amines) is 1. The van der Waals surface area contributed by atoms with Crippen molar-refractivity contribution in [1.29, 1.82) is 0 Å². The highest BCUT2D eigenvalue weighted by atomic mass is 32.1. The van der Waals surface area contributed by atoms with Gasteiger partial charge in [0.2, 0.25) is 0 Å². The molecule has 2 heterocycles. The minimum Gasteiger partial charge on any atom is -0.359 e. The van der Waals surface area contributed by atoms with Gasteiger partial charge < -0.3 is 10.2 Å². The van der Waals surface area contributed by atoms with Gasteiger partial charge in [0.25, 0.3) is 0 Å². The van der Waals surface area contributed by atoms with Crippen molar-refractivity contribution in [2.24, 2.45) is 0 Å². The second kappa shape index (κ2) is 6.54. The predicted molar refractivity (Wildman–Crippen MR) is 93.7 cm³/mol. The van der Waals surface area contributed by atoms with Crippen LogP contribution in [0.15, 0.2) is 36.9 Å². The fourth-order valence-electron chi connectivity index (χ4n) is 2.72. The summed E-state index contributed by atoms with van der Waals surface area (Å²) in [5.74, 6) is 0. The van der Waals surface area contributed by atoms with Crippen LogP contribution in [-0.4, -0.2) is 28.1 Å². The molecule has 1 fully saturated rings. The molecule has 1 saturated heterocycles. The molecule has 0 bridgehead atoms. The van der Waals surface area contributed by atoms with Crippen molar-refractivity contribution in [3.63, 3.8) is 0 Å². The van der Waals surface area contributed by atoms with Crippen LogP contribution in [-0.2, 0) is 0 Å². The maximum atomic E-state index is 5.54. The largest absolute Gasteiger partial charge is 0.359 e. The molecule has 0 radical (unpaired) electrons. The third-order valence-electron chi connectivity index (χ3n) is 3.76. The van der Waals surface area contributed by atoms with Crippen LogP contribution in [0.1, 0.15) is 30.3 Å². The summed E-state index contributed by atoms with van der Waals surface area (Å²) in [7, 11) is 0. The van der Waals surface area contributed by atoms with Gasteiger partial charge in [-0.25, -0.2) is 4.98 Å². The Morgan fingerprint density at radius 2 is 2.33 bits per heavy atom. The first-order valence-corrected chi connectivity index (χ1v) is 8.53. The molecule has 1 aromatic carbocycles. The Labute approximate surface area is 134 Å². The van der Waals surface area contributed by atoms with E-state index in [2.05, 4.69) is 35.0 Å². The number of fused-ring (bicyclic) bond motifs is 1. The summed E-state index contributed by atoms with van der Waals surface area (Å²) in [6.45, 7) is 5.45. The molecule has 1 atom stereocenters. The molecule has 0 spiro atoms. The number of thiazole rings is 1. The van der Waals surface area contributed by atoms with Crippen LogP contribution >= 0.6 is 23.6 Å². The first-order valence-electron chi connectivity index (χ1n) is 7.30. The van der Waals surface area contributed by atoms with Crippen molar-refractivity contribution < 1.29 is 0 Å². The Hall–Kier alpha value is -1.46. The molecule has 1 aliphatic rings. The number of aromatic nitrogens is 1. The van der Waals surface area contributed by atoms with Gasteiger partial charge in [-0.1, -0.05) is 18.2 Å². The van der Waals surface area contributed by atoms with Crippen LogP contribution < -0.4 is 5.32 Å². The summed E-state index contributed by atoms with van der Waals surface area (Å²) < 4.78 is 1.25. The number of hydrogen-bond acceptors (Lipinski definition) is 3. The van der Waals surface area contributed by atoms with E-state index in [-0.39, 0.29) is 0 Å². The maximum Gasteiger partial charge on any atom is 0.169 e. The molecule has 1 N–H and O–H groups in total. The van der Waals surface area contributed by atoms with Gasteiger partial charge in [-0.15, -0.1) is 17.9 Å². The topological polar surface area (TPSA) is 28.2 Å². The van der Waals surface area contributed by atoms with E-state index >= 15 is 0 Å². The molecule has 0 amide bonds. The number of rotatable bonds is 3. The lowest BCUT2D eigenvalue weighted by molar-refractivity contribution is 0.242. The van der Waals surface area contributed by atoms with Crippen LogP contribution in [0.5, 0.6) is 0 Å². The molecule has 3 nitrogen and oxygen atoms in total. The smallest absolute Gasteiger partial charge is 0.169 e. The standard InChI is InChI=1S/C16H19N3S2/c1-2-10-17-16(20)19-11-6-5-8-13(19)15-18-12-7-3-4-9-14(12)21-15/h2-4,7,9,13H,1,5-6,8,10-11H2,(H,17,20)/t13-/m0/s1. The van der Waals surface area contributed by atoms with Crippen LogP contribution in [0.25, 0.3) is 10.2 Å². The van der Waals surface area contributed by atoms with Gasteiger partial charge in [-0.2, -0.15) is 0 Å². The highest BCUT2D eigenvalue weighted by Crippen LogP contribution is 2.35. The second-order valence-corrected chi connectivity index (χ2v) is 6.65. The average molecular weight is 317 g/mol. The fraction of sp³-hybridized carbons (Fsp3) is 0.375. The lowest BCUT2D eigenvalue weighted by Gasteiger charge is -2.36. The van der Waals surface area contributed by atoms with E-state index in [1.807, 2.05) is 12.1 Å². The van der Waals surface area contributed by atoms with Crippen LogP contribution in [0, 0.1) is 0 Å². The van der Waals surface area contributed by atoms with Gasteiger partial charge in [-0.05, 0) is 43.6 Å². The van der Waals surface area contributed by atoms with Crippen LogP contribution in [0.4, 0.5) is 0 Å². The molecular weight excluding hydrogens is 298 g/mol. The Balaban J connectivity index is 1.86. The van der Waals surface area contributed by atoms with Crippen molar-refractivity contribution in [1.82, 2.24) is 15.2 Å². The third kappa shape index (κ3) is 3.09. The van der Waals surface area contributed by atoms with Crippen molar-refractivity contribution in [2.75, 3.05) is 13.1 Å². The Morgan fingerprint density at radius 3 is 3.14 bits per heavy atom. The second-order valence-electron chi connectivity index (χ2n) is 5.20. The summed E-state index contributed by atoms with van der Waals surface area (Å²) in [6.07, 6.45) is 5.39. The SMILES string of the molecule is C=CCNC(=S)N1CCCC[C@H]1c1nc2ccccc2s1. The summed E-state index contributed by atoms with van der Waals surface area (Å²) in [4.78, 5) is 7.11. The Kier molecular flexibility index (Phi) is 4.51. The average Bonchev–Trinajstić information content (AvgIpc) is 2.96. The molecule has 0 saturated carbocycles. The lowest BCUT2D eigenvalue weighted by atomic mass is 10.0. The van der Waals surface area contributed by atoms with E-state index < -0.39 is 0 Å². The highest BCUT2D eigenvalue weighted by Gasteiger charge is 2.28. The predicted octanol–water partition coefficient (Wildman–Crippen LogP) is 3.88. The monoisotopic (exact) mass is 317 g/mol. The van der Waals surface area contributed by atoms with Gasteiger partial charge in [-0.3, -0.25) is 0 Å². The number of benzene rings is 1. The minimum absolute atomic E-state index is 0.306. The molecular formula is C16H19N3S2. The molecule has 2 aromatic rings. The van der Waals surface area contributed by atoms with Gasteiger partial charge in [0.15, 0.2) is 5.11 Å². The van der Waals surface area contributed by atoms with Gasteiger partial charge in [0, 0.05) is 13.1 Å². The van der Waals surface area contributed by atoms with Crippen molar-refractivity contribution >= 4 is 38.9 Å². The summed E-state index contributed by atoms with van der Waals surface area (Å²) >= 11 is 7.33. The summed E-state index contributed by atoms with van der Waals surface area (Å²) in [6, 6.07) is 8.63. The van der Waals surface area contributed by atoms with Gasteiger partial charge in [0.1, 0.15) is 5.01 Å². The lowest BCUT2D eigenvalue weighted by Crippen LogP contribution is -2.44. The third-order valence-corrected chi connectivity index (χ3v) is 5.27. The number of nitrogens with zero attached hydrogens (tertiary/aromatic N) is 2. The summed E-state index contributed by atoms with van der Waals surface area (Å²) in [5, 5.41) is 5.25. The van der Waals surface area contributed by atoms with Gasteiger partial charge in [0.05, 0.1) is 16.3 Å². The molecule has 1 aliphatic heterocycles. The quantitative estimate of drug-likeness (QED) is 0.687. The van der Waals surface area contributed by atoms with E-state index in [0.717, 1.165) is 23.6 Å². The zero-order chi connectivity index (χ0) is 14.7. The number of piperidine rings is 1. The highest BCUT2D eigenvalue weighted by molar-refractivity contribution is 7.80. The van der Waals surface area contributed by atoms with E-state index in [1.165, 1.54) is 22.5 Å². The van der Waals surface area contributed by atoms with Crippen LogP contribution in [0.2, 0.25) is 0 Å². The molecule has 0 aliphatic carbocycles. The van der Waals surface area contributed by atoms with Crippen molar-refractivity contribution in [3.8, 4) is 0 Å². The van der Waals surface area contributed by atoms with Gasteiger partial charge >= 0.3 is 0 Å². The first-order chi connectivity index (χ1) is 10.3. The Morgan fingerprint density at radius 1 is 1.48 bits per heavy atom. The number of nitrogens with one attached hydrogen (secondary N) is 1. The number of thiocarbonyl (C=S) groups is 1. The molecule has 0 unspecified atom stereocenters. The zero-order valence-corrected chi connectivity index (χ0v) is 13.6. The number of para-hydroxylation sites is 1. The molecule has 5 heteroatoms. The molecule has 21 heavy (non-hydrogen) atoms. The maximum absolute atomic E-state index is 5.54. The Bertz CT molecular complexity index is 617. The number of hydrogen-bond donors (Lipinski definition) is 1. The van der Waals surface area contributed by atoms with E-state index in [9.17, 15) is 0 Å². The fourth-order valence-corrected chi connectivity index (χ4v) is 4.14. The van der Waals surface area contributed by atoms with E-state index in [4.69, 9.17) is 17.2 Å². The van der Waals surface area contributed by atoms with E-state index in [0.29, 0.717) is 12.6 Å². The van der Waals surface area contributed by atoms with E-state index in [1.54, 1.807) is 11.3 Å². The molecule has 110 valence electrons. The first kappa shape index (κ1) is 14.5. The molecule has 1 aromatic heterocycles. The van der Waals surface area contributed by atoms with Crippen LogP contribution in [0.3, 0.4) is 0 Å². The van der Waals surface area contributed by atoms with Crippen molar-refractivity contribution in [3.05, 3.63) is 41.9 Å². The zero-order valence-electron chi connectivity index (χ0n) is 11.9. The minimum atomic E-state index is 0.306. The summed E-state index contributed by atoms with van der Waals surface area (Å²) in [5.41, 5.74) is 1.09.